The van der Waals surface area contributed by atoms with Gasteiger partial charge in [-0.05, 0) is 50.8 Å². The van der Waals surface area contributed by atoms with Crippen molar-refractivity contribution in [1.82, 2.24) is 4.90 Å². The molecular weight excluding hydrogens is 364 g/mol. The Hall–Kier alpha value is -2.11. The maximum atomic E-state index is 13.0. The van der Waals surface area contributed by atoms with E-state index in [1.165, 1.54) is 18.2 Å². The highest BCUT2D eigenvalue weighted by atomic mass is 16.5. The topological polar surface area (TPSA) is 50.8 Å². The lowest BCUT2D eigenvalue weighted by atomic mass is 9.62. The Bertz CT molecular complexity index is 926. The van der Waals surface area contributed by atoms with E-state index < -0.39 is 0 Å². The number of esters is 1. The van der Waals surface area contributed by atoms with Crippen molar-refractivity contribution in [2.45, 2.75) is 50.7 Å². The maximum Gasteiger partial charge on any atom is 0.336 e. The summed E-state index contributed by atoms with van der Waals surface area (Å²) in [6, 6.07) is 8.96. The summed E-state index contributed by atoms with van der Waals surface area (Å²) in [6.45, 7) is 8.72. The van der Waals surface area contributed by atoms with E-state index in [0.29, 0.717) is 12.6 Å². The Morgan fingerprint density at radius 1 is 1.34 bits per heavy atom. The van der Waals surface area contributed by atoms with Gasteiger partial charge in [0.15, 0.2) is 0 Å². The number of para-hydroxylation sites is 1. The third-order valence-corrected chi connectivity index (χ3v) is 7.09. The molecule has 4 aliphatic rings. The summed E-state index contributed by atoms with van der Waals surface area (Å²) < 4.78 is 11.3. The van der Waals surface area contributed by atoms with Crippen LogP contribution < -0.4 is 5.32 Å². The number of benzene rings is 1. The molecule has 1 spiro atoms. The number of fused-ring (bicyclic) bond motifs is 2. The molecule has 29 heavy (non-hydrogen) atoms. The molecule has 154 valence electrons. The van der Waals surface area contributed by atoms with Crippen molar-refractivity contribution in [3.05, 3.63) is 52.7 Å². The van der Waals surface area contributed by atoms with Crippen LogP contribution >= 0.6 is 0 Å². The SMILES string of the molecule is COC(=O)C1=C2Nc3ccccc3[C@@]23CCN2C/C(=C/COC(C)(C)C)[C@@H]1C[C@H]23. The smallest absolute Gasteiger partial charge is 0.336 e. The molecule has 0 saturated carbocycles. The van der Waals surface area contributed by atoms with Crippen LogP contribution in [0.15, 0.2) is 47.2 Å². The van der Waals surface area contributed by atoms with Crippen LogP contribution in [-0.2, 0) is 19.7 Å². The number of rotatable bonds is 3. The standard InChI is InChI=1S/C24H30N2O3/c1-23(2,3)29-12-9-15-14-26-11-10-24-17-7-5-6-8-18(17)25-21(24)20(22(27)28-4)16(15)13-19(24)26/h5-9,16,19,25H,10-14H2,1-4H3/b15-9-/t16-,19-,24+/m0/s1. The fraction of sp³-hybridized carbons (Fsp3) is 0.542. The lowest BCUT2D eigenvalue weighted by Crippen LogP contribution is -2.53. The minimum Gasteiger partial charge on any atom is -0.466 e. The first-order valence-corrected chi connectivity index (χ1v) is 10.6. The molecule has 0 radical (unpaired) electrons. The lowest BCUT2D eigenvalue weighted by molar-refractivity contribution is -0.137. The van der Waals surface area contributed by atoms with Gasteiger partial charge in [0.1, 0.15) is 0 Å². The van der Waals surface area contributed by atoms with E-state index in [1.54, 1.807) is 0 Å². The first-order chi connectivity index (χ1) is 13.8. The van der Waals surface area contributed by atoms with Crippen LogP contribution in [0.2, 0.25) is 0 Å². The number of anilines is 1. The molecule has 1 aromatic rings. The van der Waals surface area contributed by atoms with E-state index in [-0.39, 0.29) is 22.9 Å². The fourth-order valence-electron chi connectivity index (χ4n) is 5.93. The van der Waals surface area contributed by atoms with Crippen molar-refractivity contribution in [3.8, 4) is 0 Å². The van der Waals surface area contributed by atoms with Gasteiger partial charge in [-0.25, -0.2) is 4.79 Å². The van der Waals surface area contributed by atoms with Crippen LogP contribution in [0.25, 0.3) is 0 Å². The Morgan fingerprint density at radius 2 is 2.14 bits per heavy atom. The first kappa shape index (κ1) is 18.9. The van der Waals surface area contributed by atoms with Crippen LogP contribution in [0.5, 0.6) is 0 Å². The number of hydrogen-bond acceptors (Lipinski definition) is 5. The zero-order valence-electron chi connectivity index (χ0n) is 17.7. The monoisotopic (exact) mass is 394 g/mol. The molecule has 5 rings (SSSR count). The molecule has 5 nitrogen and oxygen atoms in total. The van der Waals surface area contributed by atoms with E-state index in [0.717, 1.165) is 42.9 Å². The highest BCUT2D eigenvalue weighted by molar-refractivity contribution is 5.94. The lowest BCUT2D eigenvalue weighted by Gasteiger charge is -2.48. The predicted octanol–water partition coefficient (Wildman–Crippen LogP) is 3.63. The van der Waals surface area contributed by atoms with Gasteiger partial charge in [-0.15, -0.1) is 0 Å². The number of carbonyl (C=O) groups is 1. The average molecular weight is 395 g/mol. The number of piperidine rings is 1. The molecule has 3 heterocycles. The van der Waals surface area contributed by atoms with Crippen molar-refractivity contribution in [2.24, 2.45) is 5.92 Å². The minimum atomic E-state index is -0.203. The van der Waals surface area contributed by atoms with E-state index in [4.69, 9.17) is 9.47 Å². The Labute approximate surface area is 172 Å². The molecule has 0 amide bonds. The summed E-state index contributed by atoms with van der Waals surface area (Å²) in [5.74, 6) is -0.110. The molecule has 3 aliphatic heterocycles. The van der Waals surface area contributed by atoms with Crippen LogP contribution in [0.3, 0.4) is 0 Å². The van der Waals surface area contributed by atoms with Gasteiger partial charge < -0.3 is 14.8 Å². The molecule has 2 fully saturated rings. The molecular formula is C24H30N2O3. The van der Waals surface area contributed by atoms with Gasteiger partial charge in [0, 0.05) is 36.4 Å². The second-order valence-electron chi connectivity index (χ2n) is 9.65. The summed E-state index contributed by atoms with van der Waals surface area (Å²) >= 11 is 0. The predicted molar refractivity (Wildman–Crippen MR) is 113 cm³/mol. The Kier molecular flexibility index (Phi) is 4.20. The van der Waals surface area contributed by atoms with Crippen molar-refractivity contribution in [3.63, 3.8) is 0 Å². The third-order valence-electron chi connectivity index (χ3n) is 7.09. The van der Waals surface area contributed by atoms with Gasteiger partial charge in [-0.1, -0.05) is 24.3 Å². The van der Waals surface area contributed by atoms with Crippen molar-refractivity contribution in [2.75, 3.05) is 32.1 Å². The quantitative estimate of drug-likeness (QED) is 0.627. The van der Waals surface area contributed by atoms with Gasteiger partial charge in [-0.2, -0.15) is 0 Å². The van der Waals surface area contributed by atoms with Crippen molar-refractivity contribution < 1.29 is 14.3 Å². The number of hydrogen-bond donors (Lipinski definition) is 1. The van der Waals surface area contributed by atoms with E-state index in [2.05, 4.69) is 61.3 Å². The average Bonchev–Trinajstić information content (AvgIpc) is 3.23. The van der Waals surface area contributed by atoms with Crippen molar-refractivity contribution >= 4 is 11.7 Å². The largest absolute Gasteiger partial charge is 0.466 e. The van der Waals surface area contributed by atoms with Crippen LogP contribution in [0.4, 0.5) is 5.69 Å². The van der Waals surface area contributed by atoms with Crippen LogP contribution in [0, 0.1) is 5.92 Å². The van der Waals surface area contributed by atoms with Crippen molar-refractivity contribution in [1.29, 1.82) is 0 Å². The summed E-state index contributed by atoms with van der Waals surface area (Å²) in [5.41, 5.74) is 5.38. The molecule has 0 aromatic heterocycles. The Balaban J connectivity index is 1.63. The fourth-order valence-corrected chi connectivity index (χ4v) is 5.93. The van der Waals surface area contributed by atoms with E-state index in [9.17, 15) is 4.79 Å². The van der Waals surface area contributed by atoms with E-state index in [1.807, 2.05) is 0 Å². The highest BCUT2D eigenvalue weighted by Gasteiger charge is 2.62. The first-order valence-electron chi connectivity index (χ1n) is 10.6. The molecule has 0 unspecified atom stereocenters. The number of nitrogens with zero attached hydrogens (tertiary/aromatic N) is 1. The van der Waals surface area contributed by atoms with Gasteiger partial charge in [0.2, 0.25) is 0 Å². The van der Waals surface area contributed by atoms with Crippen LogP contribution in [0.1, 0.15) is 39.2 Å². The molecule has 3 atom stereocenters. The minimum absolute atomic E-state index is 0.0929. The zero-order valence-corrected chi connectivity index (χ0v) is 17.7. The van der Waals surface area contributed by atoms with Crippen LogP contribution in [-0.4, -0.2) is 49.3 Å². The second kappa shape index (κ2) is 6.44. The van der Waals surface area contributed by atoms with Gasteiger partial charge in [0.25, 0.3) is 0 Å². The molecule has 5 heteroatoms. The summed E-state index contributed by atoms with van der Waals surface area (Å²) in [5, 5.41) is 3.64. The molecule has 2 bridgehead atoms. The molecule has 1 N–H and O–H groups in total. The van der Waals surface area contributed by atoms with E-state index >= 15 is 0 Å². The number of ether oxygens (including phenoxy) is 2. The summed E-state index contributed by atoms with van der Waals surface area (Å²) in [4.78, 5) is 15.6. The molecule has 1 aromatic carbocycles. The number of carbonyl (C=O) groups excluding carboxylic acids is 1. The highest BCUT2D eigenvalue weighted by Crippen LogP contribution is 2.61. The molecule has 1 aliphatic carbocycles. The second-order valence-corrected chi connectivity index (χ2v) is 9.65. The normalized spacial score (nSPS) is 31.5. The number of methoxy groups -OCH3 is 1. The van der Waals surface area contributed by atoms with Gasteiger partial charge in [-0.3, -0.25) is 4.90 Å². The number of nitrogens with one attached hydrogen (secondary N) is 1. The van der Waals surface area contributed by atoms with Gasteiger partial charge in [0.05, 0.1) is 30.3 Å². The maximum absolute atomic E-state index is 13.0. The Morgan fingerprint density at radius 3 is 2.90 bits per heavy atom. The molecule has 2 saturated heterocycles. The third kappa shape index (κ3) is 2.71. The zero-order chi connectivity index (χ0) is 20.4. The summed E-state index contributed by atoms with van der Waals surface area (Å²) in [6.07, 6.45) is 4.20. The van der Waals surface area contributed by atoms with Gasteiger partial charge >= 0.3 is 5.97 Å². The summed E-state index contributed by atoms with van der Waals surface area (Å²) in [7, 11) is 1.49.